The predicted molar refractivity (Wildman–Crippen MR) is 87.5 cm³/mol. The van der Waals surface area contributed by atoms with Crippen LogP contribution in [0.1, 0.15) is 44.7 Å². The fraction of sp³-hybridized carbons (Fsp3) is 0.588. The first-order valence-corrected chi connectivity index (χ1v) is 8.82. The average molecular weight is 304 g/mol. The van der Waals surface area contributed by atoms with E-state index in [0.29, 0.717) is 0 Å². The van der Waals surface area contributed by atoms with Gasteiger partial charge in [0.25, 0.3) is 0 Å². The molecule has 3 nitrogen and oxygen atoms in total. The van der Waals surface area contributed by atoms with Gasteiger partial charge in [-0.25, -0.2) is 0 Å². The number of hydrogen-bond donors (Lipinski definition) is 2. The second kappa shape index (κ2) is 6.01. The molecular formula is C17H24N2OS. The van der Waals surface area contributed by atoms with Crippen molar-refractivity contribution in [2.45, 2.75) is 50.1 Å². The van der Waals surface area contributed by atoms with Crippen LogP contribution in [-0.2, 0) is 4.79 Å². The second-order valence-electron chi connectivity index (χ2n) is 6.72. The van der Waals surface area contributed by atoms with Gasteiger partial charge in [-0.1, -0.05) is 32.0 Å². The third kappa shape index (κ3) is 3.11. The lowest BCUT2D eigenvalue weighted by atomic mass is 9.77. The Morgan fingerprint density at radius 3 is 3.00 bits per heavy atom. The molecule has 2 heterocycles. The Balaban J connectivity index is 1.74. The Kier molecular flexibility index (Phi) is 4.27. The van der Waals surface area contributed by atoms with E-state index in [0.717, 1.165) is 31.6 Å². The van der Waals surface area contributed by atoms with E-state index in [1.54, 1.807) is 0 Å². The van der Waals surface area contributed by atoms with Crippen molar-refractivity contribution < 1.29 is 4.79 Å². The summed E-state index contributed by atoms with van der Waals surface area (Å²) in [6.45, 7) is 5.32. The monoisotopic (exact) mass is 304 g/mol. The summed E-state index contributed by atoms with van der Waals surface area (Å²) < 4.78 is 0. The molecule has 1 aromatic carbocycles. The van der Waals surface area contributed by atoms with Gasteiger partial charge < -0.3 is 10.6 Å². The smallest absolute Gasteiger partial charge is 0.238 e. The summed E-state index contributed by atoms with van der Waals surface area (Å²) in [5.74, 6) is 1.23. The number of carbonyl (C=O) groups is 1. The minimum atomic E-state index is -0.0759. The molecule has 0 radical (unpaired) electrons. The number of benzene rings is 1. The summed E-state index contributed by atoms with van der Waals surface area (Å²) in [7, 11) is 0. The van der Waals surface area contributed by atoms with Crippen molar-refractivity contribution in [1.82, 2.24) is 10.6 Å². The molecule has 1 fully saturated rings. The minimum Gasteiger partial charge on any atom is -0.348 e. The molecule has 0 bridgehead atoms. The lowest BCUT2D eigenvalue weighted by Crippen LogP contribution is -2.56. The SMILES string of the molecule is CC1(C)CCCNC1C(=O)NC1CCSc2ccccc21. The van der Waals surface area contributed by atoms with Crippen LogP contribution < -0.4 is 10.6 Å². The highest BCUT2D eigenvalue weighted by Crippen LogP contribution is 2.36. The van der Waals surface area contributed by atoms with Gasteiger partial charge in [0.2, 0.25) is 5.91 Å². The molecule has 3 rings (SSSR count). The Bertz CT molecular complexity index is 529. The number of fused-ring (bicyclic) bond motifs is 1. The van der Waals surface area contributed by atoms with E-state index in [2.05, 4.69) is 48.7 Å². The summed E-state index contributed by atoms with van der Waals surface area (Å²) in [5, 5.41) is 6.69. The highest BCUT2D eigenvalue weighted by atomic mass is 32.2. The summed E-state index contributed by atoms with van der Waals surface area (Å²) in [5.41, 5.74) is 1.31. The zero-order chi connectivity index (χ0) is 14.9. The average Bonchev–Trinajstić information content (AvgIpc) is 2.47. The van der Waals surface area contributed by atoms with Crippen LogP contribution in [0, 0.1) is 5.41 Å². The maximum atomic E-state index is 12.7. The van der Waals surface area contributed by atoms with Gasteiger partial charge in [0, 0.05) is 10.6 Å². The van der Waals surface area contributed by atoms with Crippen molar-refractivity contribution in [2.75, 3.05) is 12.3 Å². The van der Waals surface area contributed by atoms with Crippen molar-refractivity contribution >= 4 is 17.7 Å². The van der Waals surface area contributed by atoms with Crippen molar-refractivity contribution in [3.05, 3.63) is 29.8 Å². The molecule has 1 aromatic rings. The second-order valence-corrected chi connectivity index (χ2v) is 7.85. The quantitative estimate of drug-likeness (QED) is 0.882. The third-order valence-electron chi connectivity index (χ3n) is 4.67. The van der Waals surface area contributed by atoms with Crippen molar-refractivity contribution in [1.29, 1.82) is 0 Å². The number of amides is 1. The van der Waals surface area contributed by atoms with Crippen LogP contribution in [0.2, 0.25) is 0 Å². The summed E-state index contributed by atoms with van der Waals surface area (Å²) in [6.07, 6.45) is 3.27. The predicted octanol–water partition coefficient (Wildman–Crippen LogP) is 3.12. The van der Waals surface area contributed by atoms with Crippen LogP contribution in [0.25, 0.3) is 0 Å². The van der Waals surface area contributed by atoms with Crippen LogP contribution in [-0.4, -0.2) is 24.2 Å². The molecule has 2 unspecified atom stereocenters. The van der Waals surface area contributed by atoms with Crippen LogP contribution in [0.5, 0.6) is 0 Å². The molecule has 2 N–H and O–H groups in total. The van der Waals surface area contributed by atoms with E-state index >= 15 is 0 Å². The molecule has 2 atom stereocenters. The summed E-state index contributed by atoms with van der Waals surface area (Å²) in [6, 6.07) is 8.52. The van der Waals surface area contributed by atoms with Crippen LogP contribution in [0.15, 0.2) is 29.2 Å². The summed E-state index contributed by atoms with van der Waals surface area (Å²) in [4.78, 5) is 14.0. The standard InChI is InChI=1S/C17H24N2OS/c1-17(2)9-5-10-18-15(17)16(20)19-13-8-11-21-14-7-4-3-6-12(13)14/h3-4,6-7,13,15,18H,5,8-11H2,1-2H3,(H,19,20). The molecule has 0 aromatic heterocycles. The maximum Gasteiger partial charge on any atom is 0.238 e. The molecule has 1 saturated heterocycles. The van der Waals surface area contributed by atoms with Gasteiger partial charge in [0.15, 0.2) is 0 Å². The number of hydrogen-bond acceptors (Lipinski definition) is 3. The highest BCUT2D eigenvalue weighted by Gasteiger charge is 2.38. The Morgan fingerprint density at radius 2 is 2.19 bits per heavy atom. The highest BCUT2D eigenvalue weighted by molar-refractivity contribution is 7.99. The first-order valence-electron chi connectivity index (χ1n) is 7.83. The molecule has 2 aliphatic heterocycles. The maximum absolute atomic E-state index is 12.7. The Morgan fingerprint density at radius 1 is 1.38 bits per heavy atom. The number of thioether (sulfide) groups is 1. The molecule has 0 saturated carbocycles. The van der Waals surface area contributed by atoms with Gasteiger partial charge in [0.1, 0.15) is 0 Å². The van der Waals surface area contributed by atoms with Crippen LogP contribution in [0.4, 0.5) is 0 Å². The number of nitrogens with one attached hydrogen (secondary N) is 2. The van der Waals surface area contributed by atoms with Crippen molar-refractivity contribution in [3.8, 4) is 0 Å². The zero-order valence-corrected chi connectivity index (χ0v) is 13.6. The number of piperidine rings is 1. The van der Waals surface area contributed by atoms with Gasteiger partial charge >= 0.3 is 0 Å². The lowest BCUT2D eigenvalue weighted by molar-refractivity contribution is -0.127. The molecular weight excluding hydrogens is 280 g/mol. The first kappa shape index (κ1) is 14.9. The van der Waals surface area contributed by atoms with Crippen molar-refractivity contribution in [2.24, 2.45) is 5.41 Å². The minimum absolute atomic E-state index is 0.0330. The summed E-state index contributed by atoms with van der Waals surface area (Å²) >= 11 is 1.89. The Hall–Kier alpha value is -1.00. The van der Waals surface area contributed by atoms with E-state index in [1.807, 2.05) is 11.8 Å². The molecule has 114 valence electrons. The molecule has 0 spiro atoms. The fourth-order valence-electron chi connectivity index (χ4n) is 3.41. The lowest BCUT2D eigenvalue weighted by Gasteiger charge is -2.39. The zero-order valence-electron chi connectivity index (χ0n) is 12.8. The topological polar surface area (TPSA) is 41.1 Å². The van der Waals surface area contributed by atoms with Crippen LogP contribution in [0.3, 0.4) is 0 Å². The van der Waals surface area contributed by atoms with Gasteiger partial charge in [-0.05, 0) is 42.9 Å². The van der Waals surface area contributed by atoms with E-state index in [4.69, 9.17) is 0 Å². The normalized spacial score (nSPS) is 27.7. The van der Waals surface area contributed by atoms with Gasteiger partial charge in [-0.15, -0.1) is 11.8 Å². The van der Waals surface area contributed by atoms with Gasteiger partial charge in [0.05, 0.1) is 12.1 Å². The molecule has 0 aliphatic carbocycles. The fourth-order valence-corrected chi connectivity index (χ4v) is 4.53. The van der Waals surface area contributed by atoms with Crippen molar-refractivity contribution in [3.63, 3.8) is 0 Å². The molecule has 2 aliphatic rings. The number of rotatable bonds is 2. The molecule has 1 amide bonds. The molecule has 21 heavy (non-hydrogen) atoms. The van der Waals surface area contributed by atoms with Crippen LogP contribution >= 0.6 is 11.8 Å². The van der Waals surface area contributed by atoms with Gasteiger partial charge in [-0.3, -0.25) is 4.79 Å². The largest absolute Gasteiger partial charge is 0.348 e. The molecule has 4 heteroatoms. The van der Waals surface area contributed by atoms with E-state index < -0.39 is 0 Å². The third-order valence-corrected chi connectivity index (χ3v) is 5.79. The van der Waals surface area contributed by atoms with Gasteiger partial charge in [-0.2, -0.15) is 0 Å². The van der Waals surface area contributed by atoms with E-state index in [1.165, 1.54) is 10.5 Å². The van der Waals surface area contributed by atoms with E-state index in [9.17, 15) is 4.79 Å². The van der Waals surface area contributed by atoms with E-state index in [-0.39, 0.29) is 23.4 Å². The Labute approximate surface area is 131 Å². The first-order chi connectivity index (χ1) is 10.1. The number of carbonyl (C=O) groups excluding carboxylic acids is 1.